The third-order valence-corrected chi connectivity index (χ3v) is 2.73. The molecule has 1 amide bonds. The fraction of sp³-hybridized carbons (Fsp3) is 0.667. The Morgan fingerprint density at radius 2 is 2.39 bits per heavy atom. The zero-order valence-corrected chi connectivity index (χ0v) is 11.4. The lowest BCUT2D eigenvalue weighted by atomic mass is 10.2. The monoisotopic (exact) mass is 255 g/mol. The highest BCUT2D eigenvalue weighted by Crippen LogP contribution is 2.07. The third-order valence-electron chi connectivity index (χ3n) is 2.73. The molecule has 0 aliphatic rings. The molecule has 0 saturated carbocycles. The van der Waals surface area contributed by atoms with Gasteiger partial charge in [-0.05, 0) is 20.9 Å². The Balaban J connectivity index is 2.40. The molecule has 0 aliphatic heterocycles. The molecule has 102 valence electrons. The van der Waals surface area contributed by atoms with Crippen LogP contribution in [0.15, 0.2) is 10.6 Å². The predicted octanol–water partition coefficient (Wildman–Crippen LogP) is 0.566. The van der Waals surface area contributed by atoms with Gasteiger partial charge in [0.15, 0.2) is 0 Å². The van der Waals surface area contributed by atoms with Crippen molar-refractivity contribution in [3.8, 4) is 0 Å². The summed E-state index contributed by atoms with van der Waals surface area (Å²) in [4.78, 5) is 13.7. The van der Waals surface area contributed by atoms with E-state index in [4.69, 9.17) is 9.26 Å². The van der Waals surface area contributed by atoms with Crippen molar-refractivity contribution in [1.82, 2.24) is 15.4 Å². The largest absolute Gasteiger partial charge is 0.383 e. The number of nitrogens with zero attached hydrogens (tertiary/aromatic N) is 2. The van der Waals surface area contributed by atoms with Crippen molar-refractivity contribution in [2.24, 2.45) is 0 Å². The van der Waals surface area contributed by atoms with Crippen LogP contribution in [0.3, 0.4) is 0 Å². The van der Waals surface area contributed by atoms with E-state index in [1.807, 2.05) is 31.9 Å². The maximum atomic E-state index is 11.8. The maximum absolute atomic E-state index is 11.8. The number of methoxy groups -OCH3 is 1. The van der Waals surface area contributed by atoms with Crippen LogP contribution >= 0.6 is 0 Å². The minimum atomic E-state index is -0.223. The summed E-state index contributed by atoms with van der Waals surface area (Å²) in [5.41, 5.74) is 0.826. The first kappa shape index (κ1) is 14.7. The second-order valence-electron chi connectivity index (χ2n) is 4.30. The second-order valence-corrected chi connectivity index (χ2v) is 4.30. The highest BCUT2D eigenvalue weighted by Gasteiger charge is 2.18. The van der Waals surface area contributed by atoms with Gasteiger partial charge in [0.1, 0.15) is 5.76 Å². The highest BCUT2D eigenvalue weighted by atomic mass is 16.5. The summed E-state index contributed by atoms with van der Waals surface area (Å²) in [7, 11) is 3.49. The molecule has 0 fully saturated rings. The average molecular weight is 255 g/mol. The van der Waals surface area contributed by atoms with Crippen LogP contribution in [-0.4, -0.2) is 49.3 Å². The molecule has 1 aromatic rings. The lowest BCUT2D eigenvalue weighted by Gasteiger charge is -2.22. The Hall–Kier alpha value is -1.40. The summed E-state index contributed by atoms with van der Waals surface area (Å²) in [6.07, 6.45) is 0. The number of hydrogen-bond acceptors (Lipinski definition) is 5. The van der Waals surface area contributed by atoms with E-state index in [2.05, 4.69) is 10.5 Å². The molecule has 1 N–H and O–H groups in total. The molecular weight excluding hydrogens is 234 g/mol. The number of rotatable bonds is 7. The van der Waals surface area contributed by atoms with E-state index < -0.39 is 0 Å². The summed E-state index contributed by atoms with van der Waals surface area (Å²) in [5, 5.41) is 6.71. The van der Waals surface area contributed by atoms with Crippen molar-refractivity contribution in [2.45, 2.75) is 26.4 Å². The molecule has 0 spiro atoms. The Bertz CT molecular complexity index is 378. The Labute approximate surface area is 107 Å². The summed E-state index contributed by atoms with van der Waals surface area (Å²) in [6, 6.07) is 1.64. The summed E-state index contributed by atoms with van der Waals surface area (Å²) < 4.78 is 9.87. The third kappa shape index (κ3) is 4.46. The number of hydrogen-bond donors (Lipinski definition) is 1. The van der Waals surface area contributed by atoms with Gasteiger partial charge in [-0.1, -0.05) is 5.16 Å². The maximum Gasteiger partial charge on any atom is 0.237 e. The first-order chi connectivity index (χ1) is 8.54. The molecule has 0 aromatic carbocycles. The predicted molar refractivity (Wildman–Crippen MR) is 67.1 cm³/mol. The van der Waals surface area contributed by atoms with E-state index >= 15 is 0 Å². The summed E-state index contributed by atoms with van der Waals surface area (Å²) >= 11 is 0. The van der Waals surface area contributed by atoms with Crippen LogP contribution in [-0.2, 0) is 16.1 Å². The number of nitrogens with one attached hydrogen (secondary N) is 1. The highest BCUT2D eigenvalue weighted by molar-refractivity contribution is 5.81. The average Bonchev–Trinajstić information content (AvgIpc) is 2.73. The molecule has 0 radical (unpaired) electrons. The minimum Gasteiger partial charge on any atom is -0.383 e. The molecule has 18 heavy (non-hydrogen) atoms. The van der Waals surface area contributed by atoms with Crippen molar-refractivity contribution in [1.29, 1.82) is 0 Å². The van der Waals surface area contributed by atoms with E-state index in [1.165, 1.54) is 0 Å². The van der Waals surface area contributed by atoms with Crippen molar-refractivity contribution >= 4 is 5.91 Å². The number of carbonyl (C=O) groups excluding carboxylic acids is 1. The molecule has 6 heteroatoms. The number of aryl methyl sites for hydroxylation is 1. The van der Waals surface area contributed by atoms with Gasteiger partial charge in [-0.25, -0.2) is 0 Å². The molecule has 6 nitrogen and oxygen atoms in total. The van der Waals surface area contributed by atoms with Gasteiger partial charge in [0.2, 0.25) is 5.91 Å². The van der Waals surface area contributed by atoms with Crippen LogP contribution in [0.25, 0.3) is 0 Å². The topological polar surface area (TPSA) is 67.6 Å². The van der Waals surface area contributed by atoms with Gasteiger partial charge >= 0.3 is 0 Å². The molecule has 1 aromatic heterocycles. The van der Waals surface area contributed by atoms with Crippen molar-refractivity contribution in [3.63, 3.8) is 0 Å². The molecule has 0 unspecified atom stereocenters. The van der Waals surface area contributed by atoms with Gasteiger partial charge in [0.25, 0.3) is 0 Å². The first-order valence-corrected chi connectivity index (χ1v) is 5.93. The van der Waals surface area contributed by atoms with E-state index in [0.29, 0.717) is 19.7 Å². The summed E-state index contributed by atoms with van der Waals surface area (Å²) in [6.45, 7) is 5.32. The normalized spacial score (nSPS) is 12.7. The molecule has 1 atom stereocenters. The van der Waals surface area contributed by atoms with Crippen LogP contribution in [0.5, 0.6) is 0 Å². The Kier molecular flexibility index (Phi) is 5.80. The van der Waals surface area contributed by atoms with Crippen LogP contribution < -0.4 is 5.32 Å². The minimum absolute atomic E-state index is 0.0187. The quantitative estimate of drug-likeness (QED) is 0.721. The van der Waals surface area contributed by atoms with E-state index in [1.54, 1.807) is 7.11 Å². The first-order valence-electron chi connectivity index (χ1n) is 5.93. The lowest BCUT2D eigenvalue weighted by molar-refractivity contribution is -0.125. The van der Waals surface area contributed by atoms with Crippen molar-refractivity contribution in [2.75, 3.05) is 27.3 Å². The number of ether oxygens (including phenoxy) is 1. The van der Waals surface area contributed by atoms with E-state index in [0.717, 1.165) is 11.5 Å². The number of carbonyl (C=O) groups is 1. The fourth-order valence-corrected chi connectivity index (χ4v) is 1.51. The van der Waals surface area contributed by atoms with Crippen LogP contribution in [0.4, 0.5) is 0 Å². The lowest BCUT2D eigenvalue weighted by Crippen LogP contribution is -2.43. The number of likely N-dealkylation sites (N-methyl/N-ethyl adjacent to an activating group) is 1. The SMILES string of the molecule is COCCNC(=O)[C@@H](C)N(C)Cc1cc(C)on1. The van der Waals surface area contributed by atoms with Gasteiger partial charge in [-0.15, -0.1) is 0 Å². The zero-order chi connectivity index (χ0) is 13.5. The molecular formula is C12H21N3O3. The summed E-state index contributed by atoms with van der Waals surface area (Å²) in [5.74, 6) is 0.755. The zero-order valence-electron chi connectivity index (χ0n) is 11.4. The molecule has 0 aliphatic carbocycles. The fourth-order valence-electron chi connectivity index (χ4n) is 1.51. The molecule has 1 rings (SSSR count). The van der Waals surface area contributed by atoms with Gasteiger partial charge < -0.3 is 14.6 Å². The van der Waals surface area contributed by atoms with Gasteiger partial charge in [-0.2, -0.15) is 0 Å². The van der Waals surface area contributed by atoms with Crippen LogP contribution in [0.1, 0.15) is 18.4 Å². The molecule has 1 heterocycles. The van der Waals surface area contributed by atoms with E-state index in [-0.39, 0.29) is 11.9 Å². The Morgan fingerprint density at radius 3 is 2.94 bits per heavy atom. The van der Waals surface area contributed by atoms with E-state index in [9.17, 15) is 4.79 Å². The number of amides is 1. The Morgan fingerprint density at radius 1 is 1.67 bits per heavy atom. The van der Waals surface area contributed by atoms with Gasteiger partial charge in [-0.3, -0.25) is 9.69 Å². The molecule has 0 saturated heterocycles. The molecule has 0 bridgehead atoms. The standard InChI is InChI=1S/C12H21N3O3/c1-9-7-11(14-18-9)8-15(3)10(2)12(16)13-5-6-17-4/h7,10H,5-6,8H2,1-4H3,(H,13,16)/t10-/m1/s1. The second kappa shape index (κ2) is 7.13. The van der Waals surface area contributed by atoms with Crippen LogP contribution in [0, 0.1) is 6.92 Å². The van der Waals surface area contributed by atoms with Crippen molar-refractivity contribution < 1.29 is 14.1 Å². The van der Waals surface area contributed by atoms with Crippen molar-refractivity contribution in [3.05, 3.63) is 17.5 Å². The number of aromatic nitrogens is 1. The van der Waals surface area contributed by atoms with Gasteiger partial charge in [0, 0.05) is 26.3 Å². The smallest absolute Gasteiger partial charge is 0.237 e. The van der Waals surface area contributed by atoms with Gasteiger partial charge in [0.05, 0.1) is 18.3 Å². The van der Waals surface area contributed by atoms with Crippen LogP contribution in [0.2, 0.25) is 0 Å².